The van der Waals surface area contributed by atoms with Crippen molar-refractivity contribution in [1.82, 2.24) is 10.6 Å². The number of carbonyl (C=O) groups excluding carboxylic acids is 2. The van der Waals surface area contributed by atoms with Crippen molar-refractivity contribution in [2.45, 2.75) is 31.3 Å². The maximum Gasteiger partial charge on any atom is 0.238 e. The minimum absolute atomic E-state index is 0. The number of hydrogen-bond donors (Lipinski definition) is 3. The predicted molar refractivity (Wildman–Crippen MR) is 62.8 cm³/mol. The molecule has 2 amide bonds. The zero-order valence-corrected chi connectivity index (χ0v) is 9.68. The molecule has 16 heavy (non-hydrogen) atoms. The van der Waals surface area contributed by atoms with Crippen molar-refractivity contribution >= 4 is 24.2 Å². The van der Waals surface area contributed by atoms with Gasteiger partial charge in [0.05, 0.1) is 18.5 Å². The van der Waals surface area contributed by atoms with Crippen LogP contribution >= 0.6 is 12.4 Å². The summed E-state index contributed by atoms with van der Waals surface area (Å²) in [5, 5.41) is 5.64. The molecule has 4 N–H and O–H groups in total. The van der Waals surface area contributed by atoms with Gasteiger partial charge in [0.1, 0.15) is 0 Å². The predicted octanol–water partition coefficient (Wildman–Crippen LogP) is -0.846. The third-order valence-corrected chi connectivity index (χ3v) is 2.30. The van der Waals surface area contributed by atoms with Gasteiger partial charge in [0.15, 0.2) is 0 Å². The van der Waals surface area contributed by atoms with E-state index in [1.54, 1.807) is 0 Å². The smallest absolute Gasteiger partial charge is 0.238 e. The molecule has 0 aromatic rings. The highest BCUT2D eigenvalue weighted by atomic mass is 35.5. The number of carbonyl (C=O) groups is 2. The lowest BCUT2D eigenvalue weighted by Gasteiger charge is -2.15. The molecule has 1 aliphatic rings. The molecule has 1 heterocycles. The number of nitrogens with two attached hydrogens (primary N) is 1. The molecule has 0 bridgehead atoms. The zero-order chi connectivity index (χ0) is 11.3. The van der Waals surface area contributed by atoms with E-state index < -0.39 is 11.9 Å². The van der Waals surface area contributed by atoms with E-state index in [0.29, 0.717) is 0 Å². The average molecular weight is 246 g/mol. The van der Waals surface area contributed by atoms with E-state index >= 15 is 0 Å². The minimum atomic E-state index is -0.600. The second-order valence-corrected chi connectivity index (χ2v) is 3.55. The summed E-state index contributed by atoms with van der Waals surface area (Å²) in [6.07, 6.45) is 6.94. The summed E-state index contributed by atoms with van der Waals surface area (Å²) in [7, 11) is 0. The third kappa shape index (κ3) is 4.51. The minimum Gasteiger partial charge on any atom is -0.370 e. The van der Waals surface area contributed by atoms with Gasteiger partial charge in [-0.15, -0.1) is 18.8 Å². The van der Waals surface area contributed by atoms with Gasteiger partial charge in [-0.3, -0.25) is 9.59 Å². The van der Waals surface area contributed by atoms with Gasteiger partial charge in [0.2, 0.25) is 11.8 Å². The summed E-state index contributed by atoms with van der Waals surface area (Å²) >= 11 is 0. The van der Waals surface area contributed by atoms with Crippen LogP contribution in [-0.4, -0.2) is 30.4 Å². The molecule has 0 aromatic heterocycles. The highest BCUT2D eigenvalue weighted by Gasteiger charge is 2.23. The van der Waals surface area contributed by atoms with E-state index in [-0.39, 0.29) is 30.8 Å². The Hall–Kier alpha value is -1.25. The van der Waals surface area contributed by atoms with Gasteiger partial charge in [-0.2, -0.15) is 0 Å². The highest BCUT2D eigenvalue weighted by molar-refractivity contribution is 5.85. The number of nitrogens with one attached hydrogen (secondary N) is 2. The van der Waals surface area contributed by atoms with Crippen molar-refractivity contribution in [3.05, 3.63) is 0 Å². The first-order valence-electron chi connectivity index (χ1n) is 4.91. The number of terminal acetylenes is 1. The average Bonchev–Trinajstić information content (AvgIpc) is 2.68. The zero-order valence-electron chi connectivity index (χ0n) is 8.86. The van der Waals surface area contributed by atoms with Crippen molar-refractivity contribution in [3.8, 4) is 12.3 Å². The first-order valence-corrected chi connectivity index (χ1v) is 4.91. The van der Waals surface area contributed by atoms with Gasteiger partial charge in [-0.05, 0) is 19.4 Å². The summed E-state index contributed by atoms with van der Waals surface area (Å²) in [6.45, 7) is 0.842. The fourth-order valence-corrected chi connectivity index (χ4v) is 1.53. The van der Waals surface area contributed by atoms with Crippen molar-refractivity contribution in [2.24, 2.45) is 5.73 Å². The maximum absolute atomic E-state index is 11.6. The molecule has 0 unspecified atom stereocenters. The number of hydrogen-bond acceptors (Lipinski definition) is 3. The second kappa shape index (κ2) is 7.09. The molecule has 6 heteroatoms. The monoisotopic (exact) mass is 245 g/mol. The van der Waals surface area contributed by atoms with E-state index in [4.69, 9.17) is 12.2 Å². The Morgan fingerprint density at radius 3 is 2.75 bits per heavy atom. The lowest BCUT2D eigenvalue weighted by Crippen LogP contribution is -2.45. The van der Waals surface area contributed by atoms with Crippen LogP contribution in [0.3, 0.4) is 0 Å². The Balaban J connectivity index is 0.00000225. The van der Waals surface area contributed by atoms with Crippen LogP contribution in [0.5, 0.6) is 0 Å². The van der Waals surface area contributed by atoms with E-state index in [9.17, 15) is 9.59 Å². The van der Waals surface area contributed by atoms with Crippen LogP contribution in [0.1, 0.15) is 19.3 Å². The van der Waals surface area contributed by atoms with Gasteiger partial charge in [0.25, 0.3) is 0 Å². The first-order chi connectivity index (χ1) is 7.13. The molecule has 1 fully saturated rings. The molecule has 90 valence electrons. The maximum atomic E-state index is 11.6. The van der Waals surface area contributed by atoms with Gasteiger partial charge >= 0.3 is 0 Å². The van der Waals surface area contributed by atoms with Crippen LogP contribution in [0.15, 0.2) is 0 Å². The molecule has 1 aliphatic heterocycles. The Morgan fingerprint density at radius 1 is 1.62 bits per heavy atom. The Bertz CT molecular complexity index is 295. The highest BCUT2D eigenvalue weighted by Crippen LogP contribution is 2.05. The standard InChI is InChI=1S/C10H15N3O2.ClH/c1-2-7(6-9(11)14)13-10(15)8-4-3-5-12-8;/h1,7-8,12H,3-6H2,(H2,11,14)(H,13,15);1H/t7-,8+;/m1./s1. The molecule has 0 aliphatic carbocycles. The number of amides is 2. The Labute approximate surface area is 101 Å². The quantitative estimate of drug-likeness (QED) is 0.565. The van der Waals surface area contributed by atoms with E-state index in [0.717, 1.165) is 19.4 Å². The fraction of sp³-hybridized carbons (Fsp3) is 0.600. The number of primary amides is 1. The van der Waals surface area contributed by atoms with E-state index in [1.165, 1.54) is 0 Å². The fourth-order valence-electron chi connectivity index (χ4n) is 1.53. The molecular formula is C10H16ClN3O2. The van der Waals surface area contributed by atoms with Crippen molar-refractivity contribution < 1.29 is 9.59 Å². The van der Waals surface area contributed by atoms with Gasteiger partial charge in [0, 0.05) is 0 Å². The molecule has 1 saturated heterocycles. The molecule has 5 nitrogen and oxygen atoms in total. The molecule has 1 rings (SSSR count). The van der Waals surface area contributed by atoms with Crippen LogP contribution in [-0.2, 0) is 9.59 Å². The van der Waals surface area contributed by atoms with Crippen molar-refractivity contribution in [3.63, 3.8) is 0 Å². The molecule has 0 aromatic carbocycles. The molecule has 0 spiro atoms. The summed E-state index contributed by atoms with van der Waals surface area (Å²) in [5.41, 5.74) is 5.00. The second-order valence-electron chi connectivity index (χ2n) is 3.55. The van der Waals surface area contributed by atoms with Crippen molar-refractivity contribution in [1.29, 1.82) is 0 Å². The molecular weight excluding hydrogens is 230 g/mol. The van der Waals surface area contributed by atoms with Crippen LogP contribution in [0, 0.1) is 12.3 Å². The summed E-state index contributed by atoms with van der Waals surface area (Å²) in [4.78, 5) is 22.2. The van der Waals surface area contributed by atoms with Crippen LogP contribution in [0.25, 0.3) is 0 Å². The van der Waals surface area contributed by atoms with Gasteiger partial charge < -0.3 is 16.4 Å². The molecule has 0 saturated carbocycles. The lowest BCUT2D eigenvalue weighted by molar-refractivity contribution is -0.123. The normalized spacial score (nSPS) is 20.3. The topological polar surface area (TPSA) is 84.2 Å². The Morgan fingerprint density at radius 2 is 2.31 bits per heavy atom. The first kappa shape index (κ1) is 14.8. The summed E-state index contributed by atoms with van der Waals surface area (Å²) in [6, 6.07) is -0.786. The summed E-state index contributed by atoms with van der Waals surface area (Å²) in [5.74, 6) is 1.66. The molecule has 2 atom stereocenters. The largest absolute Gasteiger partial charge is 0.370 e. The van der Waals surface area contributed by atoms with E-state index in [2.05, 4.69) is 16.6 Å². The van der Waals surface area contributed by atoms with Gasteiger partial charge in [-0.25, -0.2) is 0 Å². The number of halogens is 1. The van der Waals surface area contributed by atoms with E-state index in [1.807, 2.05) is 0 Å². The summed E-state index contributed by atoms with van der Waals surface area (Å²) < 4.78 is 0. The third-order valence-electron chi connectivity index (χ3n) is 2.30. The van der Waals surface area contributed by atoms with Crippen LogP contribution < -0.4 is 16.4 Å². The SMILES string of the molecule is C#C[C@H](CC(N)=O)NC(=O)[C@@H]1CCCN1.Cl. The van der Waals surface area contributed by atoms with Crippen LogP contribution in [0.2, 0.25) is 0 Å². The van der Waals surface area contributed by atoms with Crippen molar-refractivity contribution in [2.75, 3.05) is 6.54 Å². The Kier molecular flexibility index (Phi) is 6.54. The molecule has 0 radical (unpaired) electrons. The van der Waals surface area contributed by atoms with Gasteiger partial charge in [-0.1, -0.05) is 5.92 Å². The number of rotatable bonds is 4. The van der Waals surface area contributed by atoms with Crippen LogP contribution in [0.4, 0.5) is 0 Å². The lowest BCUT2D eigenvalue weighted by atomic mass is 10.1.